The van der Waals surface area contributed by atoms with Crippen LogP contribution in [0.3, 0.4) is 0 Å². The molecule has 0 aliphatic rings. The molecule has 0 saturated carbocycles. The second-order valence-electron chi connectivity index (χ2n) is 5.09. The van der Waals surface area contributed by atoms with Crippen LogP contribution in [-0.2, 0) is 6.42 Å². The second-order valence-corrected chi connectivity index (χ2v) is 5.65. The van der Waals surface area contributed by atoms with Crippen LogP contribution in [0.25, 0.3) is 0 Å². The first-order valence-corrected chi connectivity index (χ1v) is 6.93. The van der Waals surface area contributed by atoms with Gasteiger partial charge in [-0.15, -0.1) is 0 Å². The second kappa shape index (κ2) is 5.85. The monoisotopic (exact) mass is 302 g/mol. The molecular formula is C14H20BrFO. The fraction of sp³-hybridized carbons (Fsp3) is 0.571. The van der Waals surface area contributed by atoms with Crippen molar-refractivity contribution in [2.24, 2.45) is 11.3 Å². The summed E-state index contributed by atoms with van der Waals surface area (Å²) in [6, 6.07) is 5.20. The van der Waals surface area contributed by atoms with Crippen molar-refractivity contribution >= 4 is 15.9 Å². The first kappa shape index (κ1) is 14.5. The maximum atomic E-state index is 13.6. The quantitative estimate of drug-likeness (QED) is 0.731. The molecule has 3 heteroatoms. The summed E-state index contributed by atoms with van der Waals surface area (Å²) in [4.78, 5) is 0. The third kappa shape index (κ3) is 3.44. The van der Waals surface area contributed by atoms with E-state index in [9.17, 15) is 4.39 Å². The van der Waals surface area contributed by atoms with Gasteiger partial charge >= 0.3 is 0 Å². The van der Waals surface area contributed by atoms with Crippen LogP contribution in [0, 0.1) is 17.2 Å². The number of methoxy groups -OCH3 is 1. The molecule has 0 spiro atoms. The number of ether oxygens (including phenoxy) is 1. The number of alkyl halides is 1. The molecule has 1 unspecified atom stereocenters. The zero-order chi connectivity index (χ0) is 13.1. The third-order valence-electron chi connectivity index (χ3n) is 3.52. The van der Waals surface area contributed by atoms with E-state index in [2.05, 4.69) is 36.7 Å². The third-order valence-corrected chi connectivity index (χ3v) is 4.80. The van der Waals surface area contributed by atoms with Crippen molar-refractivity contribution in [3.8, 4) is 5.75 Å². The van der Waals surface area contributed by atoms with Gasteiger partial charge in [0.15, 0.2) is 11.6 Å². The summed E-state index contributed by atoms with van der Waals surface area (Å²) in [7, 11) is 1.48. The van der Waals surface area contributed by atoms with Gasteiger partial charge < -0.3 is 4.74 Å². The summed E-state index contributed by atoms with van der Waals surface area (Å²) >= 11 is 3.56. The average Bonchev–Trinajstić information content (AvgIpc) is 2.29. The van der Waals surface area contributed by atoms with Crippen LogP contribution in [0.2, 0.25) is 0 Å². The maximum Gasteiger partial charge on any atom is 0.165 e. The predicted octanol–water partition coefficient (Wildman–Crippen LogP) is 4.43. The molecule has 0 radical (unpaired) electrons. The van der Waals surface area contributed by atoms with Gasteiger partial charge in [-0.25, -0.2) is 4.39 Å². The SMILES string of the molecule is COc1ccc(CC(C)(CBr)C(C)C)cc1F. The van der Waals surface area contributed by atoms with Gasteiger partial charge in [-0.3, -0.25) is 0 Å². The Balaban J connectivity index is 2.91. The van der Waals surface area contributed by atoms with Crippen LogP contribution in [0.5, 0.6) is 5.75 Å². The van der Waals surface area contributed by atoms with Gasteiger partial charge in [-0.05, 0) is 35.4 Å². The predicted molar refractivity (Wildman–Crippen MR) is 73.4 cm³/mol. The number of hydrogen-bond acceptors (Lipinski definition) is 1. The molecule has 0 aliphatic heterocycles. The Bertz CT molecular complexity index is 378. The summed E-state index contributed by atoms with van der Waals surface area (Å²) in [5.41, 5.74) is 1.15. The lowest BCUT2D eigenvalue weighted by Crippen LogP contribution is -2.28. The number of benzene rings is 1. The fourth-order valence-electron chi connectivity index (χ4n) is 1.69. The van der Waals surface area contributed by atoms with Crippen molar-refractivity contribution in [3.05, 3.63) is 29.6 Å². The van der Waals surface area contributed by atoms with Crippen molar-refractivity contribution < 1.29 is 9.13 Å². The lowest BCUT2D eigenvalue weighted by molar-refractivity contribution is 0.257. The summed E-state index contributed by atoms with van der Waals surface area (Å²) in [5.74, 6) is 0.552. The van der Waals surface area contributed by atoms with Crippen LogP contribution < -0.4 is 4.74 Å². The molecule has 1 aromatic rings. The number of halogens is 2. The van der Waals surface area contributed by atoms with Crippen molar-refractivity contribution in [2.75, 3.05) is 12.4 Å². The Morgan fingerprint density at radius 2 is 2.06 bits per heavy atom. The van der Waals surface area contributed by atoms with Crippen molar-refractivity contribution in [1.82, 2.24) is 0 Å². The first-order valence-electron chi connectivity index (χ1n) is 5.81. The summed E-state index contributed by atoms with van der Waals surface area (Å²) in [5, 5.41) is 0.908. The minimum Gasteiger partial charge on any atom is -0.494 e. The van der Waals surface area contributed by atoms with Crippen molar-refractivity contribution in [1.29, 1.82) is 0 Å². The van der Waals surface area contributed by atoms with Crippen LogP contribution in [-0.4, -0.2) is 12.4 Å². The first-order chi connectivity index (χ1) is 7.92. The van der Waals surface area contributed by atoms with Gasteiger partial charge in [0.05, 0.1) is 7.11 Å². The number of rotatable bonds is 5. The average molecular weight is 303 g/mol. The van der Waals surface area contributed by atoms with E-state index in [0.717, 1.165) is 17.3 Å². The van der Waals surface area contributed by atoms with Crippen LogP contribution >= 0.6 is 15.9 Å². The van der Waals surface area contributed by atoms with Gasteiger partial charge in [0.2, 0.25) is 0 Å². The maximum absolute atomic E-state index is 13.6. The van der Waals surface area contributed by atoms with Gasteiger partial charge in [0.1, 0.15) is 0 Å². The van der Waals surface area contributed by atoms with Crippen LogP contribution in [0.4, 0.5) is 4.39 Å². The smallest absolute Gasteiger partial charge is 0.165 e. The highest BCUT2D eigenvalue weighted by Crippen LogP contribution is 2.34. The van der Waals surface area contributed by atoms with Crippen LogP contribution in [0.1, 0.15) is 26.3 Å². The molecule has 96 valence electrons. The zero-order valence-electron chi connectivity index (χ0n) is 10.9. The van der Waals surface area contributed by atoms with Gasteiger partial charge in [-0.2, -0.15) is 0 Å². The molecule has 1 aromatic carbocycles. The van der Waals surface area contributed by atoms with Gasteiger partial charge in [-0.1, -0.05) is 42.8 Å². The topological polar surface area (TPSA) is 9.23 Å². The van der Waals surface area contributed by atoms with Gasteiger partial charge in [0.25, 0.3) is 0 Å². The lowest BCUT2D eigenvalue weighted by Gasteiger charge is -2.32. The highest BCUT2D eigenvalue weighted by molar-refractivity contribution is 9.09. The Morgan fingerprint density at radius 3 is 2.47 bits per heavy atom. The highest BCUT2D eigenvalue weighted by Gasteiger charge is 2.27. The highest BCUT2D eigenvalue weighted by atomic mass is 79.9. The molecule has 0 heterocycles. The Morgan fingerprint density at radius 1 is 1.41 bits per heavy atom. The molecule has 0 fully saturated rings. The normalized spacial score (nSPS) is 14.8. The minimum absolute atomic E-state index is 0.140. The van der Waals surface area contributed by atoms with E-state index in [-0.39, 0.29) is 11.2 Å². The molecular weight excluding hydrogens is 283 g/mol. The Hall–Kier alpha value is -0.570. The minimum atomic E-state index is -0.286. The van der Waals surface area contributed by atoms with Crippen molar-refractivity contribution in [2.45, 2.75) is 27.2 Å². The lowest BCUT2D eigenvalue weighted by atomic mass is 9.76. The molecule has 1 atom stereocenters. The largest absolute Gasteiger partial charge is 0.494 e. The molecule has 0 aliphatic carbocycles. The van der Waals surface area contributed by atoms with Gasteiger partial charge in [0, 0.05) is 5.33 Å². The van der Waals surface area contributed by atoms with E-state index in [4.69, 9.17) is 4.74 Å². The Kier molecular flexibility index (Phi) is 4.99. The fourth-order valence-corrected chi connectivity index (χ4v) is 2.54. The van der Waals surface area contributed by atoms with E-state index in [1.807, 2.05) is 6.07 Å². The molecule has 0 saturated heterocycles. The zero-order valence-corrected chi connectivity index (χ0v) is 12.5. The Labute approximate surface area is 111 Å². The van der Waals surface area contributed by atoms with E-state index >= 15 is 0 Å². The van der Waals surface area contributed by atoms with Crippen molar-refractivity contribution in [3.63, 3.8) is 0 Å². The van der Waals surface area contributed by atoms with E-state index in [1.54, 1.807) is 12.1 Å². The molecule has 1 nitrogen and oxygen atoms in total. The summed E-state index contributed by atoms with van der Waals surface area (Å²) in [6.45, 7) is 6.61. The molecule has 0 aromatic heterocycles. The molecule has 0 N–H and O–H groups in total. The molecule has 0 bridgehead atoms. The summed E-state index contributed by atoms with van der Waals surface area (Å²) in [6.07, 6.45) is 0.858. The van der Waals surface area contributed by atoms with E-state index in [0.29, 0.717) is 11.7 Å². The van der Waals surface area contributed by atoms with E-state index in [1.165, 1.54) is 7.11 Å². The number of hydrogen-bond donors (Lipinski definition) is 0. The standard InChI is InChI=1S/C14H20BrFO/c1-10(2)14(3,9-15)8-11-5-6-13(17-4)12(16)7-11/h5-7,10H,8-9H2,1-4H3. The van der Waals surface area contributed by atoms with E-state index < -0.39 is 0 Å². The molecule has 17 heavy (non-hydrogen) atoms. The molecule has 0 amide bonds. The molecule has 1 rings (SSSR count). The summed E-state index contributed by atoms with van der Waals surface area (Å²) < 4.78 is 18.5. The van der Waals surface area contributed by atoms with Crippen LogP contribution in [0.15, 0.2) is 18.2 Å².